The van der Waals surface area contributed by atoms with Crippen LogP contribution in [-0.4, -0.2) is 32.9 Å². The summed E-state index contributed by atoms with van der Waals surface area (Å²) in [6, 6.07) is 14.1. The number of benzene rings is 2. The van der Waals surface area contributed by atoms with Crippen molar-refractivity contribution in [3.05, 3.63) is 65.7 Å². The van der Waals surface area contributed by atoms with Gasteiger partial charge in [0.05, 0.1) is 10.5 Å². The molecular weight excluding hydrogens is 380 g/mol. The highest BCUT2D eigenvalue weighted by atomic mass is 32.2. The Kier molecular flexibility index (Phi) is 7.31. The van der Waals surface area contributed by atoms with E-state index in [1.807, 2.05) is 30.3 Å². The molecule has 0 bridgehead atoms. The van der Waals surface area contributed by atoms with E-state index < -0.39 is 34.5 Å². The van der Waals surface area contributed by atoms with Gasteiger partial charge in [0.2, 0.25) is 10.0 Å². The first kappa shape index (κ1) is 21.6. The first-order chi connectivity index (χ1) is 13.2. The molecule has 150 valence electrons. The molecule has 7 nitrogen and oxygen atoms in total. The molecule has 0 heterocycles. The standard InChI is InChI=1S/C20H24N2O5S/c1-14(2)21-19(23)13-27-20(24)17-10-7-11-18(12-17)28(25,26)22-15(3)16-8-5-4-6-9-16/h4-12,14-15,22H,13H2,1-3H3,(H,21,23)/t15-/m1/s1. The lowest BCUT2D eigenvalue weighted by Crippen LogP contribution is -2.34. The van der Waals surface area contributed by atoms with E-state index in [1.165, 1.54) is 24.3 Å². The van der Waals surface area contributed by atoms with Crippen LogP contribution in [0.5, 0.6) is 0 Å². The smallest absolute Gasteiger partial charge is 0.338 e. The van der Waals surface area contributed by atoms with E-state index in [2.05, 4.69) is 10.0 Å². The van der Waals surface area contributed by atoms with Crippen LogP contribution in [0.1, 0.15) is 42.7 Å². The second-order valence-electron chi connectivity index (χ2n) is 6.58. The summed E-state index contributed by atoms with van der Waals surface area (Å²) in [7, 11) is -3.85. The molecule has 0 radical (unpaired) electrons. The largest absolute Gasteiger partial charge is 0.452 e. The number of esters is 1. The molecule has 0 fully saturated rings. The van der Waals surface area contributed by atoms with Crippen molar-refractivity contribution in [2.45, 2.75) is 37.8 Å². The van der Waals surface area contributed by atoms with E-state index in [4.69, 9.17) is 4.74 Å². The Balaban J connectivity index is 2.08. The van der Waals surface area contributed by atoms with E-state index in [-0.39, 0.29) is 16.5 Å². The predicted molar refractivity (Wildman–Crippen MR) is 105 cm³/mol. The van der Waals surface area contributed by atoms with E-state index in [0.717, 1.165) is 5.56 Å². The normalized spacial score (nSPS) is 12.4. The Hall–Kier alpha value is -2.71. The van der Waals surface area contributed by atoms with Crippen molar-refractivity contribution in [2.24, 2.45) is 0 Å². The van der Waals surface area contributed by atoms with Crippen LogP contribution >= 0.6 is 0 Å². The van der Waals surface area contributed by atoms with Gasteiger partial charge in [0.15, 0.2) is 6.61 Å². The fourth-order valence-electron chi connectivity index (χ4n) is 2.48. The summed E-state index contributed by atoms with van der Waals surface area (Å²) in [5.74, 6) is -1.20. The number of ether oxygens (including phenoxy) is 1. The highest BCUT2D eigenvalue weighted by Gasteiger charge is 2.20. The van der Waals surface area contributed by atoms with Gasteiger partial charge in [-0.05, 0) is 44.5 Å². The first-order valence-corrected chi connectivity index (χ1v) is 10.3. The van der Waals surface area contributed by atoms with Crippen molar-refractivity contribution in [2.75, 3.05) is 6.61 Å². The molecule has 2 N–H and O–H groups in total. The molecule has 0 aliphatic carbocycles. The van der Waals surface area contributed by atoms with Crippen molar-refractivity contribution in [3.63, 3.8) is 0 Å². The average molecular weight is 404 g/mol. The molecule has 28 heavy (non-hydrogen) atoms. The predicted octanol–water partition coefficient (Wildman–Crippen LogP) is 2.41. The molecule has 0 aliphatic heterocycles. The number of rotatable bonds is 8. The van der Waals surface area contributed by atoms with Gasteiger partial charge in [0, 0.05) is 12.1 Å². The minimum atomic E-state index is -3.85. The molecular formula is C20H24N2O5S. The maximum Gasteiger partial charge on any atom is 0.338 e. The van der Waals surface area contributed by atoms with Crippen LogP contribution in [0.2, 0.25) is 0 Å². The van der Waals surface area contributed by atoms with E-state index in [1.54, 1.807) is 20.8 Å². The number of nitrogens with one attached hydrogen (secondary N) is 2. The third kappa shape index (κ3) is 6.17. The van der Waals surface area contributed by atoms with Crippen LogP contribution in [-0.2, 0) is 19.6 Å². The topological polar surface area (TPSA) is 102 Å². The Bertz CT molecular complexity index is 927. The summed E-state index contributed by atoms with van der Waals surface area (Å²) in [5.41, 5.74) is 0.866. The first-order valence-electron chi connectivity index (χ1n) is 8.83. The Labute approximate surface area is 165 Å². The summed E-state index contributed by atoms with van der Waals surface area (Å²) in [5, 5.41) is 2.60. The molecule has 0 spiro atoms. The third-order valence-electron chi connectivity index (χ3n) is 3.80. The quantitative estimate of drug-likeness (QED) is 0.658. The second-order valence-corrected chi connectivity index (χ2v) is 8.29. The Morgan fingerprint density at radius 3 is 2.32 bits per heavy atom. The number of hydrogen-bond acceptors (Lipinski definition) is 5. The van der Waals surface area contributed by atoms with Gasteiger partial charge in [0.1, 0.15) is 0 Å². The minimum Gasteiger partial charge on any atom is -0.452 e. The summed E-state index contributed by atoms with van der Waals surface area (Å²) >= 11 is 0. The van der Waals surface area contributed by atoms with Crippen molar-refractivity contribution < 1.29 is 22.7 Å². The lowest BCUT2D eigenvalue weighted by atomic mass is 10.1. The Morgan fingerprint density at radius 2 is 1.68 bits per heavy atom. The second kappa shape index (κ2) is 9.48. The molecule has 1 amide bonds. The summed E-state index contributed by atoms with van der Waals surface area (Å²) < 4.78 is 32.8. The van der Waals surface area contributed by atoms with Gasteiger partial charge in [0.25, 0.3) is 5.91 Å². The SMILES string of the molecule is CC(C)NC(=O)COC(=O)c1cccc(S(=O)(=O)N[C@H](C)c2ccccc2)c1. The van der Waals surface area contributed by atoms with E-state index in [9.17, 15) is 18.0 Å². The maximum absolute atomic E-state index is 12.7. The zero-order chi connectivity index (χ0) is 20.7. The highest BCUT2D eigenvalue weighted by molar-refractivity contribution is 7.89. The highest BCUT2D eigenvalue weighted by Crippen LogP contribution is 2.18. The molecule has 1 atom stereocenters. The number of carbonyl (C=O) groups is 2. The van der Waals surface area contributed by atoms with Crippen molar-refractivity contribution in [1.82, 2.24) is 10.0 Å². The average Bonchev–Trinajstić information content (AvgIpc) is 2.66. The molecule has 0 saturated heterocycles. The van der Waals surface area contributed by atoms with Crippen LogP contribution in [0.15, 0.2) is 59.5 Å². The number of hydrogen-bond donors (Lipinski definition) is 2. The number of sulfonamides is 1. The van der Waals surface area contributed by atoms with Crippen LogP contribution in [0.3, 0.4) is 0 Å². The van der Waals surface area contributed by atoms with Gasteiger partial charge in [-0.15, -0.1) is 0 Å². The van der Waals surface area contributed by atoms with Gasteiger partial charge in [-0.3, -0.25) is 4.79 Å². The van der Waals surface area contributed by atoms with Crippen LogP contribution in [0.25, 0.3) is 0 Å². The van der Waals surface area contributed by atoms with E-state index >= 15 is 0 Å². The molecule has 0 aliphatic rings. The van der Waals surface area contributed by atoms with E-state index in [0.29, 0.717) is 0 Å². The zero-order valence-electron chi connectivity index (χ0n) is 16.0. The molecule has 0 aromatic heterocycles. The van der Waals surface area contributed by atoms with Crippen molar-refractivity contribution in [1.29, 1.82) is 0 Å². The third-order valence-corrected chi connectivity index (χ3v) is 5.33. The van der Waals surface area contributed by atoms with Crippen molar-refractivity contribution in [3.8, 4) is 0 Å². The lowest BCUT2D eigenvalue weighted by Gasteiger charge is -2.15. The zero-order valence-corrected chi connectivity index (χ0v) is 16.8. The van der Waals surface area contributed by atoms with Crippen LogP contribution < -0.4 is 10.0 Å². The fourth-order valence-corrected chi connectivity index (χ4v) is 3.76. The molecule has 0 saturated carbocycles. The molecule has 0 unspecified atom stereocenters. The molecule has 2 aromatic carbocycles. The molecule has 8 heteroatoms. The minimum absolute atomic E-state index is 0.0487. The maximum atomic E-state index is 12.7. The fraction of sp³-hybridized carbons (Fsp3) is 0.300. The summed E-state index contributed by atoms with van der Waals surface area (Å²) in [4.78, 5) is 23.7. The lowest BCUT2D eigenvalue weighted by molar-refractivity contribution is -0.124. The number of amides is 1. The molecule has 2 rings (SSSR count). The van der Waals surface area contributed by atoms with Gasteiger partial charge >= 0.3 is 5.97 Å². The summed E-state index contributed by atoms with van der Waals surface area (Å²) in [6.45, 7) is 4.88. The van der Waals surface area contributed by atoms with Crippen molar-refractivity contribution >= 4 is 21.9 Å². The van der Waals surface area contributed by atoms with Gasteiger partial charge < -0.3 is 10.1 Å². The van der Waals surface area contributed by atoms with Gasteiger partial charge in [-0.1, -0.05) is 36.4 Å². The monoisotopic (exact) mass is 404 g/mol. The summed E-state index contributed by atoms with van der Waals surface area (Å²) in [6.07, 6.45) is 0. The van der Waals surface area contributed by atoms with Gasteiger partial charge in [-0.25, -0.2) is 17.9 Å². The molecule has 2 aromatic rings. The van der Waals surface area contributed by atoms with Crippen LogP contribution in [0, 0.1) is 0 Å². The van der Waals surface area contributed by atoms with Gasteiger partial charge in [-0.2, -0.15) is 0 Å². The number of carbonyl (C=O) groups excluding carboxylic acids is 2. The Morgan fingerprint density at radius 1 is 1.00 bits per heavy atom. The van der Waals surface area contributed by atoms with Crippen LogP contribution in [0.4, 0.5) is 0 Å².